The number of carbonyl (C=O) groups excluding carboxylic acids is 1. The van der Waals surface area contributed by atoms with E-state index in [-0.39, 0.29) is 22.3 Å². The maximum Gasteiger partial charge on any atom is 0.292 e. The minimum Gasteiger partial charge on any atom is -0.480 e. The van der Waals surface area contributed by atoms with E-state index in [1.165, 1.54) is 12.1 Å². The number of ether oxygens (including phenoxy) is 1. The van der Waals surface area contributed by atoms with Gasteiger partial charge in [0.1, 0.15) is 11.3 Å². The Morgan fingerprint density at radius 2 is 1.71 bits per heavy atom. The van der Waals surface area contributed by atoms with Gasteiger partial charge in [-0.15, -0.1) is 0 Å². The summed E-state index contributed by atoms with van der Waals surface area (Å²) in [6.45, 7) is 0. The van der Waals surface area contributed by atoms with Crippen LogP contribution in [-0.4, -0.2) is 19.4 Å². The summed E-state index contributed by atoms with van der Waals surface area (Å²) < 4.78 is 29.2. The summed E-state index contributed by atoms with van der Waals surface area (Å²) in [5, 5.41) is 18.2. The van der Waals surface area contributed by atoms with Crippen LogP contribution in [0.5, 0.6) is 5.75 Å². The number of allylic oxidation sites excluding steroid dienone is 2. The number of rotatable bonds is 2. The molecule has 3 aromatic carbocycles. The molecule has 34 heavy (non-hydrogen) atoms. The van der Waals surface area contributed by atoms with E-state index in [1.807, 2.05) is 36.4 Å². The van der Waals surface area contributed by atoms with Gasteiger partial charge in [-0.2, -0.15) is 0 Å². The normalized spacial score (nSPS) is 20.1. The number of aliphatic hydroxyl groups excluding tert-OH is 1. The summed E-state index contributed by atoms with van der Waals surface area (Å²) in [5.74, 6) is -0.593. The largest absolute Gasteiger partial charge is 0.480 e. The van der Waals surface area contributed by atoms with Crippen molar-refractivity contribution in [2.24, 2.45) is 5.14 Å². The summed E-state index contributed by atoms with van der Waals surface area (Å²) in [4.78, 5) is 15.5. The van der Waals surface area contributed by atoms with Gasteiger partial charge < -0.3 is 9.84 Å². The summed E-state index contributed by atoms with van der Waals surface area (Å²) >= 11 is 0. The van der Waals surface area contributed by atoms with Crippen LogP contribution < -0.4 is 14.8 Å². The first-order valence-corrected chi connectivity index (χ1v) is 12.7. The first-order valence-electron chi connectivity index (χ1n) is 11.2. The molecule has 1 aliphatic carbocycles. The molecule has 6 rings (SSSR count). The summed E-state index contributed by atoms with van der Waals surface area (Å²) in [7, 11) is -3.85. The molecule has 1 unspecified atom stereocenters. The number of aliphatic hydroxyl groups is 1. The minimum atomic E-state index is -3.85. The maximum atomic E-state index is 13.9. The molecule has 2 heterocycles. The van der Waals surface area contributed by atoms with Crippen LogP contribution in [0.15, 0.2) is 88.3 Å². The van der Waals surface area contributed by atoms with Crippen LogP contribution in [0.4, 0.5) is 5.69 Å². The standard InChI is InChI=1S/C26H22N2O5S/c27-34(31,32)17-12-10-16(11-13-17)28-20-8-4-3-7-19(20)23-22-18-6-2-1-5-15(18)9-14-21(22)33-26(30)24(23)25(28)29/h1-2,5-6,9-14,23,30H,3-4,7-8H2,(H2,27,31,32). The fraction of sp³-hybridized carbons (Fsp3) is 0.192. The highest BCUT2D eigenvalue weighted by molar-refractivity contribution is 7.89. The van der Waals surface area contributed by atoms with E-state index < -0.39 is 15.9 Å². The van der Waals surface area contributed by atoms with Crippen molar-refractivity contribution in [3.63, 3.8) is 0 Å². The fourth-order valence-corrected chi connectivity index (χ4v) is 5.95. The quantitative estimate of drug-likeness (QED) is 0.564. The molecule has 0 fully saturated rings. The Morgan fingerprint density at radius 3 is 2.47 bits per heavy atom. The van der Waals surface area contributed by atoms with Gasteiger partial charge in [0, 0.05) is 22.9 Å². The van der Waals surface area contributed by atoms with Gasteiger partial charge in [-0.05, 0) is 72.4 Å². The van der Waals surface area contributed by atoms with Gasteiger partial charge in [-0.1, -0.05) is 30.3 Å². The lowest BCUT2D eigenvalue weighted by atomic mass is 9.73. The maximum absolute atomic E-state index is 13.9. The van der Waals surface area contributed by atoms with Gasteiger partial charge >= 0.3 is 0 Å². The predicted molar refractivity (Wildman–Crippen MR) is 128 cm³/mol. The van der Waals surface area contributed by atoms with Gasteiger partial charge in [0.2, 0.25) is 10.0 Å². The number of amides is 1. The summed E-state index contributed by atoms with van der Waals surface area (Å²) in [6.07, 6.45) is 3.42. The van der Waals surface area contributed by atoms with Crippen molar-refractivity contribution in [3.05, 3.63) is 89.0 Å². The zero-order chi connectivity index (χ0) is 23.6. The Balaban J connectivity index is 1.59. The number of hydrogen-bond donors (Lipinski definition) is 2. The van der Waals surface area contributed by atoms with Crippen LogP contribution in [0.1, 0.15) is 37.2 Å². The third kappa shape index (κ3) is 3.06. The van der Waals surface area contributed by atoms with Gasteiger partial charge in [-0.3, -0.25) is 9.69 Å². The lowest BCUT2D eigenvalue weighted by Gasteiger charge is -2.42. The molecule has 0 spiro atoms. The van der Waals surface area contributed by atoms with E-state index in [1.54, 1.807) is 17.0 Å². The fourth-order valence-electron chi connectivity index (χ4n) is 5.43. The molecule has 3 N–H and O–H groups in total. The molecule has 3 aliphatic rings. The Morgan fingerprint density at radius 1 is 0.971 bits per heavy atom. The molecule has 1 amide bonds. The molecular formula is C26H22N2O5S. The number of nitrogens with two attached hydrogens (primary N) is 1. The molecule has 0 radical (unpaired) electrons. The molecule has 172 valence electrons. The molecule has 1 atom stereocenters. The van der Waals surface area contributed by atoms with E-state index in [9.17, 15) is 18.3 Å². The van der Waals surface area contributed by atoms with E-state index in [4.69, 9.17) is 9.88 Å². The lowest BCUT2D eigenvalue weighted by Crippen LogP contribution is -2.42. The molecule has 7 nitrogen and oxygen atoms in total. The molecule has 2 aliphatic heterocycles. The van der Waals surface area contributed by atoms with Crippen molar-refractivity contribution in [3.8, 4) is 5.75 Å². The highest BCUT2D eigenvalue weighted by Gasteiger charge is 2.46. The second-order valence-electron chi connectivity index (χ2n) is 8.81. The third-order valence-corrected chi connectivity index (χ3v) is 7.83. The zero-order valence-corrected chi connectivity index (χ0v) is 19.0. The van der Waals surface area contributed by atoms with Gasteiger partial charge in [-0.25, -0.2) is 13.6 Å². The molecule has 0 saturated carbocycles. The monoisotopic (exact) mass is 474 g/mol. The number of primary sulfonamides is 1. The van der Waals surface area contributed by atoms with E-state index in [2.05, 4.69) is 0 Å². The third-order valence-electron chi connectivity index (χ3n) is 6.90. The molecular weight excluding hydrogens is 452 g/mol. The SMILES string of the molecule is NS(=O)(=O)c1ccc(N2C(=O)C3=C(O)Oc4ccc5ccccc5c4C3C3=C2CCCC3)cc1. The smallest absolute Gasteiger partial charge is 0.292 e. The summed E-state index contributed by atoms with van der Waals surface area (Å²) in [5.41, 5.74) is 3.62. The molecule has 0 aromatic heterocycles. The summed E-state index contributed by atoms with van der Waals surface area (Å²) in [6, 6.07) is 17.7. The van der Waals surface area contributed by atoms with Crippen molar-refractivity contribution >= 4 is 32.4 Å². The lowest BCUT2D eigenvalue weighted by molar-refractivity contribution is -0.115. The Labute approximate surface area is 196 Å². The average Bonchev–Trinajstić information content (AvgIpc) is 2.83. The number of hydrogen-bond acceptors (Lipinski definition) is 5. The average molecular weight is 475 g/mol. The molecule has 3 aromatic rings. The number of fused-ring (bicyclic) bond motifs is 6. The Hall–Kier alpha value is -3.62. The minimum absolute atomic E-state index is 0.0279. The molecule has 0 saturated heterocycles. The number of benzene rings is 3. The highest BCUT2D eigenvalue weighted by atomic mass is 32.2. The topological polar surface area (TPSA) is 110 Å². The molecule has 0 bridgehead atoms. The van der Waals surface area contributed by atoms with Crippen molar-refractivity contribution in [2.45, 2.75) is 36.5 Å². The van der Waals surface area contributed by atoms with Gasteiger partial charge in [0.15, 0.2) is 0 Å². The predicted octanol–water partition coefficient (Wildman–Crippen LogP) is 4.61. The molecule has 8 heteroatoms. The number of sulfonamides is 1. The highest BCUT2D eigenvalue weighted by Crippen LogP contribution is 2.53. The number of carbonyl (C=O) groups is 1. The van der Waals surface area contributed by atoms with Crippen LogP contribution in [0.25, 0.3) is 10.8 Å². The van der Waals surface area contributed by atoms with E-state index in [0.29, 0.717) is 17.9 Å². The first kappa shape index (κ1) is 20.9. The second-order valence-corrected chi connectivity index (χ2v) is 10.4. The zero-order valence-electron chi connectivity index (χ0n) is 18.2. The van der Waals surface area contributed by atoms with Crippen molar-refractivity contribution in [1.82, 2.24) is 0 Å². The first-order chi connectivity index (χ1) is 16.3. The van der Waals surface area contributed by atoms with Crippen LogP contribution in [-0.2, 0) is 14.8 Å². The van der Waals surface area contributed by atoms with Crippen molar-refractivity contribution < 1.29 is 23.1 Å². The van der Waals surface area contributed by atoms with Crippen molar-refractivity contribution in [2.75, 3.05) is 4.90 Å². The Bertz CT molecular complexity index is 1540. The van der Waals surface area contributed by atoms with Crippen molar-refractivity contribution in [1.29, 1.82) is 0 Å². The Kier molecular flexibility index (Phi) is 4.59. The van der Waals surface area contributed by atoms with E-state index in [0.717, 1.165) is 46.9 Å². The van der Waals surface area contributed by atoms with Gasteiger partial charge in [0.05, 0.1) is 4.90 Å². The van der Waals surface area contributed by atoms with Gasteiger partial charge in [0.25, 0.3) is 11.9 Å². The van der Waals surface area contributed by atoms with Crippen LogP contribution in [0.3, 0.4) is 0 Å². The second kappa shape index (κ2) is 7.44. The van der Waals surface area contributed by atoms with E-state index >= 15 is 0 Å². The van der Waals surface area contributed by atoms with Crippen LogP contribution in [0, 0.1) is 0 Å². The number of nitrogens with zero attached hydrogens (tertiary/aromatic N) is 1. The van der Waals surface area contributed by atoms with Crippen LogP contribution in [0.2, 0.25) is 0 Å². The number of anilines is 1. The van der Waals surface area contributed by atoms with Crippen LogP contribution >= 0.6 is 0 Å².